The fourth-order valence-electron chi connectivity index (χ4n) is 3.36. The van der Waals surface area contributed by atoms with Crippen molar-refractivity contribution in [3.05, 3.63) is 101 Å². The number of anilines is 1. The fraction of sp³-hybridized carbons (Fsp3) is 0.160. The Kier molecular flexibility index (Phi) is 6.68. The number of hydrogen-bond donors (Lipinski definition) is 2. The summed E-state index contributed by atoms with van der Waals surface area (Å²) in [4.78, 5) is 12.6. The predicted molar refractivity (Wildman–Crippen MR) is 127 cm³/mol. The van der Waals surface area contributed by atoms with Gasteiger partial charge < -0.3 is 10.4 Å². The summed E-state index contributed by atoms with van der Waals surface area (Å²) >= 11 is 1.28. The van der Waals surface area contributed by atoms with E-state index in [9.17, 15) is 9.90 Å². The summed E-state index contributed by atoms with van der Waals surface area (Å²) < 4.78 is 1.80. The average molecular weight is 445 g/mol. The average Bonchev–Trinajstić information content (AvgIpc) is 3.25. The number of hydrogen-bond acceptors (Lipinski definition) is 5. The minimum absolute atomic E-state index is 0.128. The minimum Gasteiger partial charge on any atom is -0.380 e. The Morgan fingerprint density at radius 3 is 2.38 bits per heavy atom. The van der Waals surface area contributed by atoms with Crippen molar-refractivity contribution >= 4 is 23.4 Å². The van der Waals surface area contributed by atoms with Gasteiger partial charge in [-0.2, -0.15) is 0 Å². The third kappa shape index (κ3) is 4.74. The van der Waals surface area contributed by atoms with Crippen LogP contribution in [0.3, 0.4) is 0 Å². The SMILES string of the molecule is Cc1cccc(NC(=O)CSc2nnc(C(O)c3ccccc3)n2-c2ccccc2)c1C. The van der Waals surface area contributed by atoms with Crippen molar-refractivity contribution in [1.82, 2.24) is 14.8 Å². The molecule has 32 heavy (non-hydrogen) atoms. The molecule has 7 heteroatoms. The van der Waals surface area contributed by atoms with E-state index in [0.717, 1.165) is 28.1 Å². The first-order valence-electron chi connectivity index (χ1n) is 10.3. The van der Waals surface area contributed by atoms with Crippen molar-refractivity contribution in [2.45, 2.75) is 25.1 Å². The number of aliphatic hydroxyl groups excluding tert-OH is 1. The molecular weight excluding hydrogens is 420 g/mol. The normalized spacial score (nSPS) is 11.8. The molecule has 4 aromatic rings. The summed E-state index contributed by atoms with van der Waals surface area (Å²) in [6.07, 6.45) is -0.943. The lowest BCUT2D eigenvalue weighted by Crippen LogP contribution is -2.16. The van der Waals surface area contributed by atoms with Gasteiger partial charge in [-0.1, -0.05) is 72.4 Å². The van der Waals surface area contributed by atoms with Crippen molar-refractivity contribution in [2.75, 3.05) is 11.1 Å². The number of amides is 1. The van der Waals surface area contributed by atoms with Gasteiger partial charge in [-0.3, -0.25) is 9.36 Å². The number of aliphatic hydroxyl groups is 1. The zero-order valence-electron chi connectivity index (χ0n) is 17.9. The number of benzene rings is 3. The molecule has 6 nitrogen and oxygen atoms in total. The third-order valence-corrected chi connectivity index (χ3v) is 6.17. The zero-order valence-corrected chi connectivity index (χ0v) is 18.7. The molecule has 0 saturated carbocycles. The molecular formula is C25H24N4O2S. The van der Waals surface area contributed by atoms with E-state index in [1.165, 1.54) is 11.8 Å². The second kappa shape index (κ2) is 9.80. The highest BCUT2D eigenvalue weighted by Crippen LogP contribution is 2.28. The summed E-state index contributed by atoms with van der Waals surface area (Å²) in [5.74, 6) is 0.441. The number of para-hydroxylation sites is 1. The largest absolute Gasteiger partial charge is 0.380 e. The molecule has 0 aliphatic rings. The van der Waals surface area contributed by atoms with Gasteiger partial charge in [0.05, 0.1) is 5.75 Å². The maximum Gasteiger partial charge on any atom is 0.234 e. The van der Waals surface area contributed by atoms with E-state index in [0.29, 0.717) is 11.0 Å². The van der Waals surface area contributed by atoms with Crippen LogP contribution < -0.4 is 5.32 Å². The van der Waals surface area contributed by atoms with Crippen LogP contribution in [0.15, 0.2) is 84.0 Å². The molecule has 0 radical (unpaired) electrons. The summed E-state index contributed by atoms with van der Waals surface area (Å²) in [6.45, 7) is 4.00. The molecule has 1 heterocycles. The molecule has 0 aliphatic carbocycles. The van der Waals surface area contributed by atoms with Crippen LogP contribution in [0.25, 0.3) is 5.69 Å². The third-order valence-electron chi connectivity index (χ3n) is 5.24. The molecule has 1 unspecified atom stereocenters. The predicted octanol–water partition coefficient (Wildman–Crippen LogP) is 4.70. The van der Waals surface area contributed by atoms with E-state index in [1.807, 2.05) is 92.7 Å². The molecule has 1 amide bonds. The molecule has 0 aliphatic heterocycles. The van der Waals surface area contributed by atoms with Crippen LogP contribution in [0.4, 0.5) is 5.69 Å². The van der Waals surface area contributed by atoms with Crippen molar-refractivity contribution in [3.8, 4) is 5.69 Å². The van der Waals surface area contributed by atoms with E-state index in [1.54, 1.807) is 4.57 Å². The molecule has 3 aromatic carbocycles. The Bertz CT molecular complexity index is 1210. The fourth-order valence-corrected chi connectivity index (χ4v) is 4.12. The number of carbonyl (C=O) groups excluding carboxylic acids is 1. The minimum atomic E-state index is -0.943. The van der Waals surface area contributed by atoms with Crippen LogP contribution in [-0.4, -0.2) is 31.5 Å². The van der Waals surface area contributed by atoms with Gasteiger partial charge in [0.15, 0.2) is 11.0 Å². The van der Waals surface area contributed by atoms with Crippen molar-refractivity contribution in [1.29, 1.82) is 0 Å². The lowest BCUT2D eigenvalue weighted by atomic mass is 10.1. The lowest BCUT2D eigenvalue weighted by molar-refractivity contribution is -0.113. The quantitative estimate of drug-likeness (QED) is 0.404. The smallest absolute Gasteiger partial charge is 0.234 e. The molecule has 0 spiro atoms. The highest BCUT2D eigenvalue weighted by Gasteiger charge is 2.22. The number of thioether (sulfide) groups is 1. The van der Waals surface area contributed by atoms with Crippen molar-refractivity contribution in [2.24, 2.45) is 0 Å². The van der Waals surface area contributed by atoms with Gasteiger partial charge in [0.1, 0.15) is 6.10 Å². The molecule has 1 aromatic heterocycles. The molecule has 0 fully saturated rings. The highest BCUT2D eigenvalue weighted by atomic mass is 32.2. The van der Waals surface area contributed by atoms with E-state index in [2.05, 4.69) is 15.5 Å². The van der Waals surface area contributed by atoms with E-state index < -0.39 is 6.10 Å². The van der Waals surface area contributed by atoms with Gasteiger partial charge >= 0.3 is 0 Å². The first kappa shape index (κ1) is 21.8. The topological polar surface area (TPSA) is 80.0 Å². The van der Waals surface area contributed by atoms with Crippen LogP contribution in [0.2, 0.25) is 0 Å². The maximum absolute atomic E-state index is 12.6. The van der Waals surface area contributed by atoms with E-state index in [-0.39, 0.29) is 11.7 Å². The van der Waals surface area contributed by atoms with Gasteiger partial charge in [0, 0.05) is 11.4 Å². The van der Waals surface area contributed by atoms with Gasteiger partial charge in [-0.05, 0) is 48.7 Å². The summed E-state index contributed by atoms with van der Waals surface area (Å²) in [7, 11) is 0. The van der Waals surface area contributed by atoms with Crippen molar-refractivity contribution in [3.63, 3.8) is 0 Å². The van der Waals surface area contributed by atoms with Gasteiger partial charge in [0.25, 0.3) is 0 Å². The molecule has 4 rings (SSSR count). The van der Waals surface area contributed by atoms with Gasteiger partial charge in [-0.25, -0.2) is 0 Å². The second-order valence-corrected chi connectivity index (χ2v) is 8.35. The number of carbonyl (C=O) groups is 1. The maximum atomic E-state index is 12.6. The lowest BCUT2D eigenvalue weighted by Gasteiger charge is -2.14. The zero-order chi connectivity index (χ0) is 22.5. The Hall–Kier alpha value is -3.42. The van der Waals surface area contributed by atoms with Crippen LogP contribution in [0, 0.1) is 13.8 Å². The molecule has 0 saturated heterocycles. The number of rotatable bonds is 7. The molecule has 2 N–H and O–H groups in total. The van der Waals surface area contributed by atoms with Crippen LogP contribution >= 0.6 is 11.8 Å². The summed E-state index contributed by atoms with van der Waals surface area (Å²) in [6, 6.07) is 24.8. The van der Waals surface area contributed by atoms with Crippen molar-refractivity contribution < 1.29 is 9.90 Å². The number of aromatic nitrogens is 3. The van der Waals surface area contributed by atoms with Gasteiger partial charge in [-0.15, -0.1) is 10.2 Å². The van der Waals surface area contributed by atoms with Gasteiger partial charge in [0.2, 0.25) is 5.91 Å². The first-order chi connectivity index (χ1) is 15.5. The van der Waals surface area contributed by atoms with Crippen LogP contribution in [0.5, 0.6) is 0 Å². The summed E-state index contributed by atoms with van der Waals surface area (Å²) in [5, 5.41) is 23.0. The van der Waals surface area contributed by atoms with Crippen LogP contribution in [-0.2, 0) is 4.79 Å². The highest BCUT2D eigenvalue weighted by molar-refractivity contribution is 7.99. The van der Waals surface area contributed by atoms with E-state index in [4.69, 9.17) is 0 Å². The number of nitrogens with zero attached hydrogens (tertiary/aromatic N) is 3. The molecule has 162 valence electrons. The Morgan fingerprint density at radius 2 is 1.66 bits per heavy atom. The monoisotopic (exact) mass is 444 g/mol. The standard InChI is InChI=1S/C25H24N4O2S/c1-17-10-9-15-21(18(17)2)26-22(30)16-32-25-28-27-24(23(31)19-11-5-3-6-12-19)29(25)20-13-7-4-8-14-20/h3-15,23,31H,16H2,1-2H3,(H,26,30). The molecule has 1 atom stereocenters. The number of nitrogens with one attached hydrogen (secondary N) is 1. The molecule has 0 bridgehead atoms. The Balaban J connectivity index is 1.58. The Morgan fingerprint density at radius 1 is 0.969 bits per heavy atom. The van der Waals surface area contributed by atoms with E-state index >= 15 is 0 Å². The summed E-state index contributed by atoms with van der Waals surface area (Å²) in [5.41, 5.74) is 4.52. The number of aryl methyl sites for hydroxylation is 1. The Labute approximate surface area is 191 Å². The second-order valence-electron chi connectivity index (χ2n) is 7.41. The first-order valence-corrected chi connectivity index (χ1v) is 11.3. The van der Waals surface area contributed by atoms with Crippen LogP contribution in [0.1, 0.15) is 28.6 Å².